The maximum Gasteiger partial charge on any atom is 0.307 e. The van der Waals surface area contributed by atoms with E-state index in [9.17, 15) is 4.79 Å². The maximum atomic E-state index is 10.8. The summed E-state index contributed by atoms with van der Waals surface area (Å²) in [6.45, 7) is 3.74. The summed E-state index contributed by atoms with van der Waals surface area (Å²) in [5.74, 6) is -1.54. The molecule has 1 heterocycles. The van der Waals surface area contributed by atoms with Crippen molar-refractivity contribution in [3.8, 4) is 0 Å². The van der Waals surface area contributed by atoms with Crippen LogP contribution in [0.2, 0.25) is 0 Å². The lowest BCUT2D eigenvalue weighted by Gasteiger charge is -2.48. The molecule has 0 aliphatic carbocycles. The predicted molar refractivity (Wildman–Crippen MR) is 54.6 cm³/mol. The highest BCUT2D eigenvalue weighted by Gasteiger charge is 2.44. The van der Waals surface area contributed by atoms with E-state index in [0.717, 1.165) is 0 Å². The number of ether oxygens (including phenoxy) is 2. The molecule has 1 saturated heterocycles. The van der Waals surface area contributed by atoms with Gasteiger partial charge in [0.2, 0.25) is 0 Å². The Bertz CT molecular complexity index is 219. The van der Waals surface area contributed by atoms with E-state index in [1.807, 2.05) is 11.8 Å². The number of nitrogens with zero attached hydrogens (tertiary/aromatic N) is 1. The van der Waals surface area contributed by atoms with Gasteiger partial charge in [0.05, 0.1) is 19.0 Å². The molecule has 5 heteroatoms. The molecule has 1 fully saturated rings. The Labute approximate surface area is 90.0 Å². The molecule has 0 saturated carbocycles. The van der Waals surface area contributed by atoms with Crippen molar-refractivity contribution in [2.75, 3.05) is 33.9 Å². The van der Waals surface area contributed by atoms with Crippen molar-refractivity contribution in [3.63, 3.8) is 0 Å². The van der Waals surface area contributed by atoms with E-state index in [0.29, 0.717) is 26.1 Å². The van der Waals surface area contributed by atoms with Crippen LogP contribution in [0.15, 0.2) is 0 Å². The van der Waals surface area contributed by atoms with Gasteiger partial charge in [-0.1, -0.05) is 6.92 Å². The van der Waals surface area contributed by atoms with Crippen LogP contribution in [0.5, 0.6) is 0 Å². The van der Waals surface area contributed by atoms with E-state index >= 15 is 0 Å². The molecule has 0 aromatic rings. The first-order chi connectivity index (χ1) is 7.06. The highest BCUT2D eigenvalue weighted by Crippen LogP contribution is 2.26. The number of methoxy groups -OCH3 is 2. The second kappa shape index (κ2) is 4.92. The molecule has 5 nitrogen and oxygen atoms in total. The molecule has 0 aromatic heterocycles. The minimum Gasteiger partial charge on any atom is -0.481 e. The largest absolute Gasteiger partial charge is 0.481 e. The summed E-state index contributed by atoms with van der Waals surface area (Å²) in [6, 6.07) is 0. The molecule has 0 spiro atoms. The lowest BCUT2D eigenvalue weighted by atomic mass is 10.0. The van der Waals surface area contributed by atoms with Gasteiger partial charge in [-0.3, -0.25) is 9.69 Å². The average molecular weight is 217 g/mol. The van der Waals surface area contributed by atoms with Crippen LogP contribution < -0.4 is 0 Å². The van der Waals surface area contributed by atoms with Crippen molar-refractivity contribution in [1.82, 2.24) is 4.90 Å². The molecule has 0 amide bonds. The van der Waals surface area contributed by atoms with Gasteiger partial charge in [0.15, 0.2) is 5.79 Å². The molecular weight excluding hydrogens is 198 g/mol. The number of rotatable bonds is 6. The Balaban J connectivity index is 2.36. The SMILES string of the molecule is CCC(CN1CC(OC)(OC)C1)C(=O)O. The predicted octanol–water partition coefficient (Wildman–Crippen LogP) is 0.402. The zero-order chi connectivity index (χ0) is 11.5. The third-order valence-corrected chi connectivity index (χ3v) is 2.99. The van der Waals surface area contributed by atoms with Crippen LogP contribution >= 0.6 is 0 Å². The number of aliphatic carboxylic acids is 1. The molecule has 0 radical (unpaired) electrons. The minimum absolute atomic E-state index is 0.295. The molecule has 0 bridgehead atoms. The molecule has 1 aliphatic rings. The number of carboxylic acid groups (broad SMARTS) is 1. The second-order valence-corrected chi connectivity index (χ2v) is 3.93. The number of hydrogen-bond donors (Lipinski definition) is 1. The first-order valence-corrected chi connectivity index (χ1v) is 5.12. The van der Waals surface area contributed by atoms with Gasteiger partial charge >= 0.3 is 5.97 Å². The summed E-state index contributed by atoms with van der Waals surface area (Å²) in [7, 11) is 3.21. The molecule has 88 valence electrons. The van der Waals surface area contributed by atoms with Gasteiger partial charge in [-0.25, -0.2) is 0 Å². The summed E-state index contributed by atoms with van der Waals surface area (Å²) in [4.78, 5) is 12.9. The van der Waals surface area contributed by atoms with Gasteiger partial charge < -0.3 is 14.6 Å². The van der Waals surface area contributed by atoms with E-state index in [4.69, 9.17) is 14.6 Å². The Hall–Kier alpha value is -0.650. The quantitative estimate of drug-likeness (QED) is 0.653. The molecule has 1 unspecified atom stereocenters. The van der Waals surface area contributed by atoms with Gasteiger partial charge in [-0.15, -0.1) is 0 Å². The van der Waals surface area contributed by atoms with Crippen LogP contribution in [0.25, 0.3) is 0 Å². The first-order valence-electron chi connectivity index (χ1n) is 5.12. The zero-order valence-corrected chi connectivity index (χ0v) is 9.52. The lowest BCUT2D eigenvalue weighted by Crippen LogP contribution is -2.64. The average Bonchev–Trinajstić information content (AvgIpc) is 2.16. The molecule has 1 aliphatic heterocycles. The van der Waals surface area contributed by atoms with Crippen LogP contribution in [-0.4, -0.2) is 55.6 Å². The summed E-state index contributed by atoms with van der Waals surface area (Å²) in [5, 5.41) is 8.90. The fraction of sp³-hybridized carbons (Fsp3) is 0.900. The fourth-order valence-corrected chi connectivity index (χ4v) is 1.80. The van der Waals surface area contributed by atoms with Crippen molar-refractivity contribution in [2.45, 2.75) is 19.1 Å². The van der Waals surface area contributed by atoms with Gasteiger partial charge in [0.1, 0.15) is 0 Å². The number of hydrogen-bond acceptors (Lipinski definition) is 4. The smallest absolute Gasteiger partial charge is 0.307 e. The third kappa shape index (κ3) is 2.68. The Morgan fingerprint density at radius 1 is 1.47 bits per heavy atom. The highest BCUT2D eigenvalue weighted by molar-refractivity contribution is 5.70. The van der Waals surface area contributed by atoms with Crippen LogP contribution in [-0.2, 0) is 14.3 Å². The Morgan fingerprint density at radius 3 is 2.33 bits per heavy atom. The van der Waals surface area contributed by atoms with E-state index in [1.54, 1.807) is 14.2 Å². The van der Waals surface area contributed by atoms with Gasteiger partial charge in [0.25, 0.3) is 0 Å². The molecule has 15 heavy (non-hydrogen) atoms. The Kier molecular flexibility index (Phi) is 4.07. The van der Waals surface area contributed by atoms with E-state index in [-0.39, 0.29) is 5.92 Å². The first kappa shape index (κ1) is 12.4. The van der Waals surface area contributed by atoms with Crippen LogP contribution in [0.3, 0.4) is 0 Å². The van der Waals surface area contributed by atoms with Crippen LogP contribution in [0.4, 0.5) is 0 Å². The van der Waals surface area contributed by atoms with Crippen molar-refractivity contribution in [3.05, 3.63) is 0 Å². The second-order valence-electron chi connectivity index (χ2n) is 3.93. The summed E-state index contributed by atoms with van der Waals surface area (Å²) < 4.78 is 10.4. The minimum atomic E-state index is -0.732. The molecule has 0 aromatic carbocycles. The monoisotopic (exact) mass is 217 g/mol. The van der Waals surface area contributed by atoms with E-state index in [1.165, 1.54) is 0 Å². The topological polar surface area (TPSA) is 59.0 Å². The number of carbonyl (C=O) groups is 1. The third-order valence-electron chi connectivity index (χ3n) is 2.99. The lowest BCUT2D eigenvalue weighted by molar-refractivity contribution is -0.276. The maximum absolute atomic E-state index is 10.8. The van der Waals surface area contributed by atoms with E-state index in [2.05, 4.69) is 0 Å². The van der Waals surface area contributed by atoms with Gasteiger partial charge in [-0.05, 0) is 6.42 Å². The van der Waals surface area contributed by atoms with Gasteiger partial charge in [-0.2, -0.15) is 0 Å². The normalized spacial score (nSPS) is 22.1. The van der Waals surface area contributed by atoms with Crippen molar-refractivity contribution in [2.24, 2.45) is 5.92 Å². The van der Waals surface area contributed by atoms with Crippen molar-refractivity contribution in [1.29, 1.82) is 0 Å². The van der Waals surface area contributed by atoms with Crippen molar-refractivity contribution >= 4 is 5.97 Å². The standard InChI is InChI=1S/C10H19NO4/c1-4-8(9(12)13)5-11-6-10(7-11,14-2)15-3/h8H,4-7H2,1-3H3,(H,12,13). The molecule has 1 N–H and O–H groups in total. The zero-order valence-electron chi connectivity index (χ0n) is 9.52. The molecule has 1 atom stereocenters. The summed E-state index contributed by atoms with van der Waals surface area (Å²) in [5.41, 5.74) is 0. The fourth-order valence-electron chi connectivity index (χ4n) is 1.80. The van der Waals surface area contributed by atoms with Crippen LogP contribution in [0.1, 0.15) is 13.3 Å². The number of likely N-dealkylation sites (tertiary alicyclic amines) is 1. The van der Waals surface area contributed by atoms with E-state index < -0.39 is 11.8 Å². The van der Waals surface area contributed by atoms with Crippen molar-refractivity contribution < 1.29 is 19.4 Å². The van der Waals surface area contributed by atoms with Gasteiger partial charge in [0, 0.05) is 20.8 Å². The molecule has 1 rings (SSSR count). The molecular formula is C10H19NO4. The number of carboxylic acids is 1. The van der Waals surface area contributed by atoms with Crippen LogP contribution in [0, 0.1) is 5.92 Å². The summed E-state index contributed by atoms with van der Waals surface area (Å²) >= 11 is 0. The summed E-state index contributed by atoms with van der Waals surface area (Å²) in [6.07, 6.45) is 0.652. The Morgan fingerprint density at radius 2 is 2.00 bits per heavy atom. The highest BCUT2D eigenvalue weighted by atomic mass is 16.7.